The number of rotatable bonds is 5. The number of para-hydroxylation sites is 1. The summed E-state index contributed by atoms with van der Waals surface area (Å²) in [7, 11) is 0. The first-order chi connectivity index (χ1) is 8.68. The molecule has 1 saturated carbocycles. The Balaban J connectivity index is 1.75. The summed E-state index contributed by atoms with van der Waals surface area (Å²) in [5.74, 6) is -1.28. The topological polar surface area (TPSA) is 60.4 Å². The van der Waals surface area contributed by atoms with Crippen molar-refractivity contribution in [2.24, 2.45) is 5.92 Å². The quantitative estimate of drug-likeness (QED) is 0.449. The zero-order valence-electron chi connectivity index (χ0n) is 9.93. The van der Waals surface area contributed by atoms with E-state index in [1.54, 1.807) is 0 Å². The van der Waals surface area contributed by atoms with Gasteiger partial charge in [0.15, 0.2) is 5.78 Å². The molecule has 0 amide bonds. The minimum Gasteiger partial charge on any atom is -0.494 e. The van der Waals surface area contributed by atoms with E-state index in [2.05, 4.69) is 0 Å². The molecule has 0 aliphatic heterocycles. The van der Waals surface area contributed by atoms with E-state index < -0.39 is 17.5 Å². The third kappa shape index (κ3) is 2.83. The molecule has 2 rings (SSSR count). The fraction of sp³-hybridized carbons (Fsp3) is 0.357. The molecule has 18 heavy (non-hydrogen) atoms. The molecule has 0 bridgehead atoms. The van der Waals surface area contributed by atoms with Crippen LogP contribution in [0.2, 0.25) is 0 Å². The fourth-order valence-corrected chi connectivity index (χ4v) is 2.00. The van der Waals surface area contributed by atoms with Gasteiger partial charge in [-0.05, 0) is 25.0 Å². The molecule has 0 heterocycles. The highest BCUT2D eigenvalue weighted by molar-refractivity contribution is 6.49. The van der Waals surface area contributed by atoms with Crippen LogP contribution in [-0.4, -0.2) is 24.0 Å². The van der Waals surface area contributed by atoms with E-state index in [0.717, 1.165) is 5.75 Å². The van der Waals surface area contributed by atoms with Crippen LogP contribution in [0.5, 0.6) is 5.75 Å². The molecule has 1 atom stereocenters. The molecule has 1 unspecified atom stereocenters. The third-order valence-corrected chi connectivity index (χ3v) is 2.96. The molecule has 1 aromatic rings. The van der Waals surface area contributed by atoms with Crippen LogP contribution in [0.25, 0.3) is 0 Å². The van der Waals surface area contributed by atoms with Gasteiger partial charge >= 0.3 is 0 Å². The Morgan fingerprint density at radius 1 is 1.11 bits per heavy atom. The van der Waals surface area contributed by atoms with Crippen molar-refractivity contribution < 1.29 is 19.1 Å². The van der Waals surface area contributed by atoms with E-state index in [1.807, 2.05) is 30.3 Å². The summed E-state index contributed by atoms with van der Waals surface area (Å²) >= 11 is 0. The van der Waals surface area contributed by atoms with Crippen LogP contribution in [0.1, 0.15) is 19.3 Å². The number of benzene rings is 1. The van der Waals surface area contributed by atoms with Crippen molar-refractivity contribution >= 4 is 17.3 Å². The minimum absolute atomic E-state index is 0.219. The smallest absolute Gasteiger partial charge is 0.209 e. The Hall–Kier alpha value is -1.97. The van der Waals surface area contributed by atoms with Gasteiger partial charge in [-0.3, -0.25) is 14.4 Å². The second-order valence-electron chi connectivity index (χ2n) is 4.29. The highest BCUT2D eigenvalue weighted by atomic mass is 16.5. The van der Waals surface area contributed by atoms with Crippen LogP contribution < -0.4 is 4.74 Å². The fourth-order valence-electron chi connectivity index (χ4n) is 2.00. The van der Waals surface area contributed by atoms with Gasteiger partial charge in [0.1, 0.15) is 5.75 Å². The molecule has 1 aromatic carbocycles. The second kappa shape index (κ2) is 5.58. The van der Waals surface area contributed by atoms with Gasteiger partial charge in [0.05, 0.1) is 18.9 Å². The zero-order valence-corrected chi connectivity index (χ0v) is 9.93. The van der Waals surface area contributed by atoms with Crippen LogP contribution in [0.3, 0.4) is 0 Å². The van der Waals surface area contributed by atoms with Crippen molar-refractivity contribution in [2.45, 2.75) is 19.3 Å². The normalized spacial score (nSPS) is 19.3. The number of Topliss-reactive ketones (excluding diaryl/α,β-unsaturated/α-hetero) is 3. The lowest BCUT2D eigenvalue weighted by Crippen LogP contribution is -2.17. The summed E-state index contributed by atoms with van der Waals surface area (Å²) in [4.78, 5) is 33.8. The van der Waals surface area contributed by atoms with Gasteiger partial charge in [0.2, 0.25) is 11.6 Å². The maximum absolute atomic E-state index is 11.4. The zero-order chi connectivity index (χ0) is 13.0. The van der Waals surface area contributed by atoms with Crippen LogP contribution in [-0.2, 0) is 14.4 Å². The molecular formula is C14H14O4. The van der Waals surface area contributed by atoms with Crippen LogP contribution >= 0.6 is 0 Å². The van der Waals surface area contributed by atoms with E-state index in [1.165, 1.54) is 0 Å². The summed E-state index contributed by atoms with van der Waals surface area (Å²) in [5, 5.41) is 0. The molecule has 0 spiro atoms. The Morgan fingerprint density at radius 2 is 1.83 bits per heavy atom. The predicted octanol–water partition coefficient (Wildman–Crippen LogP) is 1.57. The van der Waals surface area contributed by atoms with Gasteiger partial charge in [0, 0.05) is 0 Å². The lowest BCUT2D eigenvalue weighted by Gasteiger charge is -2.07. The van der Waals surface area contributed by atoms with Crippen molar-refractivity contribution in [3.8, 4) is 5.75 Å². The molecule has 94 valence electrons. The molecule has 4 nitrogen and oxygen atoms in total. The first-order valence-electron chi connectivity index (χ1n) is 5.96. The van der Waals surface area contributed by atoms with Crippen LogP contribution in [0.4, 0.5) is 0 Å². The average molecular weight is 246 g/mol. The van der Waals surface area contributed by atoms with E-state index >= 15 is 0 Å². The van der Waals surface area contributed by atoms with E-state index in [0.29, 0.717) is 19.4 Å². The van der Waals surface area contributed by atoms with Crippen LogP contribution in [0.15, 0.2) is 30.3 Å². The van der Waals surface area contributed by atoms with E-state index in [9.17, 15) is 14.4 Å². The van der Waals surface area contributed by atoms with Gasteiger partial charge in [-0.25, -0.2) is 0 Å². The lowest BCUT2D eigenvalue weighted by molar-refractivity contribution is -0.136. The first-order valence-corrected chi connectivity index (χ1v) is 5.96. The highest BCUT2D eigenvalue weighted by Gasteiger charge is 2.39. The number of ketones is 3. The van der Waals surface area contributed by atoms with Gasteiger partial charge in [-0.15, -0.1) is 0 Å². The molecule has 1 aliphatic carbocycles. The first kappa shape index (κ1) is 12.5. The minimum atomic E-state index is -0.725. The lowest BCUT2D eigenvalue weighted by atomic mass is 10.0. The standard InChI is InChI=1S/C14H14O4/c15-12-9-13(16)14(17)11(12)7-4-8-18-10-5-2-1-3-6-10/h1-3,5-6,11H,4,7-9H2. The molecular weight excluding hydrogens is 232 g/mol. The van der Waals surface area contributed by atoms with E-state index in [4.69, 9.17) is 4.74 Å². The Bertz CT molecular complexity index is 464. The molecule has 1 aliphatic rings. The number of hydrogen-bond acceptors (Lipinski definition) is 4. The van der Waals surface area contributed by atoms with Gasteiger partial charge in [-0.1, -0.05) is 18.2 Å². The SMILES string of the molecule is O=C1CC(=O)C(CCCOc2ccccc2)C1=O. The van der Waals surface area contributed by atoms with Gasteiger partial charge < -0.3 is 4.74 Å². The molecule has 4 heteroatoms. The average Bonchev–Trinajstić information content (AvgIpc) is 2.61. The van der Waals surface area contributed by atoms with Gasteiger partial charge in [0.25, 0.3) is 0 Å². The Kier molecular flexibility index (Phi) is 3.87. The molecule has 0 N–H and O–H groups in total. The monoisotopic (exact) mass is 246 g/mol. The largest absolute Gasteiger partial charge is 0.494 e. The molecule has 0 radical (unpaired) electrons. The van der Waals surface area contributed by atoms with Crippen molar-refractivity contribution in [1.82, 2.24) is 0 Å². The third-order valence-electron chi connectivity index (χ3n) is 2.96. The summed E-state index contributed by atoms with van der Waals surface area (Å²) in [6.45, 7) is 0.440. The molecule has 1 fully saturated rings. The second-order valence-corrected chi connectivity index (χ2v) is 4.29. The number of ether oxygens (including phenoxy) is 1. The maximum atomic E-state index is 11.4. The van der Waals surface area contributed by atoms with Crippen molar-refractivity contribution in [3.63, 3.8) is 0 Å². The number of hydrogen-bond donors (Lipinski definition) is 0. The predicted molar refractivity (Wildman–Crippen MR) is 64.3 cm³/mol. The van der Waals surface area contributed by atoms with Crippen molar-refractivity contribution in [2.75, 3.05) is 6.61 Å². The van der Waals surface area contributed by atoms with Crippen LogP contribution in [0, 0.1) is 5.92 Å². The van der Waals surface area contributed by atoms with Gasteiger partial charge in [-0.2, -0.15) is 0 Å². The Labute approximate surface area is 105 Å². The number of carbonyl (C=O) groups excluding carboxylic acids is 3. The summed E-state index contributed by atoms with van der Waals surface area (Å²) in [6.07, 6.45) is 0.767. The highest BCUT2D eigenvalue weighted by Crippen LogP contribution is 2.20. The molecule has 0 saturated heterocycles. The summed E-state index contributed by atoms with van der Waals surface area (Å²) in [5.41, 5.74) is 0. The summed E-state index contributed by atoms with van der Waals surface area (Å²) in [6, 6.07) is 9.33. The van der Waals surface area contributed by atoms with Crippen molar-refractivity contribution in [1.29, 1.82) is 0 Å². The maximum Gasteiger partial charge on any atom is 0.209 e. The molecule has 0 aromatic heterocycles. The van der Waals surface area contributed by atoms with E-state index in [-0.39, 0.29) is 12.2 Å². The van der Waals surface area contributed by atoms with Crippen molar-refractivity contribution in [3.05, 3.63) is 30.3 Å². The number of carbonyl (C=O) groups is 3. The Morgan fingerprint density at radius 3 is 2.44 bits per heavy atom. The summed E-state index contributed by atoms with van der Waals surface area (Å²) < 4.78 is 5.46.